The van der Waals surface area contributed by atoms with Gasteiger partial charge in [0.1, 0.15) is 34.7 Å². The minimum Gasteiger partial charge on any atom is -0.481 e. The lowest BCUT2D eigenvalue weighted by Gasteiger charge is -2.53. The summed E-state index contributed by atoms with van der Waals surface area (Å²) in [5, 5.41) is 23.7. The van der Waals surface area contributed by atoms with Crippen LogP contribution in [0.3, 0.4) is 0 Å². The zero-order valence-corrected chi connectivity index (χ0v) is 40.8. The summed E-state index contributed by atoms with van der Waals surface area (Å²) in [7, 11) is 0. The number of thiazole rings is 1. The van der Waals surface area contributed by atoms with E-state index in [1.807, 2.05) is 146 Å². The zero-order valence-electron chi connectivity index (χ0n) is 39.2. The molecule has 7 aromatic rings. The van der Waals surface area contributed by atoms with Crippen LogP contribution in [-0.4, -0.2) is 92.9 Å². The van der Waals surface area contributed by atoms with Crippen molar-refractivity contribution in [3.63, 3.8) is 0 Å². The van der Waals surface area contributed by atoms with Gasteiger partial charge in [-0.05, 0) is 36.0 Å². The normalized spacial score (nSPS) is 19.1. The van der Waals surface area contributed by atoms with Crippen molar-refractivity contribution in [2.75, 3.05) is 37.3 Å². The molecule has 3 atom stereocenters. The number of rotatable bonds is 16. The summed E-state index contributed by atoms with van der Waals surface area (Å²) in [6.45, 7) is 0.527. The van der Waals surface area contributed by atoms with Crippen molar-refractivity contribution in [2.45, 2.75) is 41.8 Å². The number of thioether (sulfide) groups is 1. The third-order valence-electron chi connectivity index (χ3n) is 13.7. The van der Waals surface area contributed by atoms with Crippen molar-refractivity contribution in [3.8, 4) is 0 Å². The van der Waals surface area contributed by atoms with Crippen LogP contribution in [0.5, 0.6) is 0 Å². The fourth-order valence-corrected chi connectivity index (χ4v) is 12.1. The third kappa shape index (κ3) is 9.21. The number of nitrogens with one attached hydrogen (secondary N) is 2. The molecule has 1 aromatic heterocycles. The molecule has 3 aliphatic heterocycles. The summed E-state index contributed by atoms with van der Waals surface area (Å²) in [4.78, 5) is 70.1. The number of carboxylic acids is 1. The first-order valence-corrected chi connectivity index (χ1v) is 25.9. The Kier molecular flexibility index (Phi) is 13.9. The average Bonchev–Trinajstić information content (AvgIpc) is 3.91. The van der Waals surface area contributed by atoms with E-state index in [1.54, 1.807) is 10.3 Å². The van der Waals surface area contributed by atoms with Crippen LogP contribution in [0.2, 0.25) is 0 Å². The Labute approximate surface area is 425 Å². The largest absolute Gasteiger partial charge is 0.481 e. The van der Waals surface area contributed by atoms with Crippen molar-refractivity contribution in [1.29, 1.82) is 0 Å². The Balaban J connectivity index is 1.01. The molecule has 364 valence electrons. The SMILES string of the molecule is O=C(NC1C(=O)N2CC(COC(=O)N3CCCCC3)(C(=O)O)CS[C@H]12)C(=NOC(c1ccccc1)(c1ccccc1)c1ccccc1)c1csc(NC(c2ccccc2)(c2ccccc2)c2ccccc2)n1. The maximum Gasteiger partial charge on any atom is 0.409 e. The van der Waals surface area contributed by atoms with Crippen LogP contribution in [0.4, 0.5) is 9.93 Å². The molecule has 0 bridgehead atoms. The molecule has 72 heavy (non-hydrogen) atoms. The van der Waals surface area contributed by atoms with Crippen LogP contribution >= 0.6 is 23.1 Å². The summed E-state index contributed by atoms with van der Waals surface area (Å²) < 4.78 is 5.60. The van der Waals surface area contributed by atoms with E-state index in [1.165, 1.54) is 28.0 Å². The summed E-state index contributed by atoms with van der Waals surface area (Å²) in [5.41, 5.74) is 1.27. The number of carboxylic acid groups (broad SMARTS) is 1. The molecule has 15 heteroatoms. The highest BCUT2D eigenvalue weighted by atomic mass is 32.2. The van der Waals surface area contributed by atoms with E-state index in [0.717, 1.165) is 52.6 Å². The van der Waals surface area contributed by atoms with E-state index in [2.05, 4.69) is 47.0 Å². The molecule has 0 aliphatic carbocycles. The minimum absolute atomic E-state index is 0.0430. The van der Waals surface area contributed by atoms with E-state index in [0.29, 0.717) is 18.2 Å². The number of fused-ring (bicyclic) bond motifs is 1. The average molecular weight is 997 g/mol. The Hall–Kier alpha value is -7.75. The second-order valence-electron chi connectivity index (χ2n) is 18.1. The van der Waals surface area contributed by atoms with Gasteiger partial charge in [-0.1, -0.05) is 187 Å². The van der Waals surface area contributed by atoms with Gasteiger partial charge in [-0.3, -0.25) is 14.4 Å². The van der Waals surface area contributed by atoms with Crippen LogP contribution in [0.1, 0.15) is 58.3 Å². The molecule has 6 aromatic carbocycles. The van der Waals surface area contributed by atoms with Gasteiger partial charge in [-0.2, -0.15) is 0 Å². The molecular weight excluding hydrogens is 945 g/mol. The fraction of sp³-hybridized carbons (Fsp3) is 0.228. The zero-order chi connectivity index (χ0) is 49.5. The first-order valence-electron chi connectivity index (χ1n) is 23.9. The van der Waals surface area contributed by atoms with Gasteiger partial charge in [0.15, 0.2) is 10.8 Å². The molecule has 0 spiro atoms. The molecule has 3 saturated heterocycles. The lowest BCUT2D eigenvalue weighted by molar-refractivity contribution is -0.160. The van der Waals surface area contributed by atoms with E-state index in [-0.39, 0.29) is 23.7 Å². The van der Waals surface area contributed by atoms with Gasteiger partial charge >= 0.3 is 12.1 Å². The number of nitrogens with zero attached hydrogens (tertiary/aromatic N) is 4. The van der Waals surface area contributed by atoms with Crippen LogP contribution in [0.25, 0.3) is 0 Å². The number of aromatic nitrogens is 1. The predicted octanol–water partition coefficient (Wildman–Crippen LogP) is 9.35. The Morgan fingerprint density at radius 3 is 1.64 bits per heavy atom. The molecule has 3 N–H and O–H groups in total. The summed E-state index contributed by atoms with van der Waals surface area (Å²) >= 11 is 2.51. The van der Waals surface area contributed by atoms with Gasteiger partial charge in [0.2, 0.25) is 11.5 Å². The Morgan fingerprint density at radius 1 is 0.694 bits per heavy atom. The lowest BCUT2D eigenvalue weighted by atomic mass is 9.77. The van der Waals surface area contributed by atoms with Crippen LogP contribution in [0, 0.1) is 5.41 Å². The van der Waals surface area contributed by atoms with Gasteiger partial charge in [-0.25, -0.2) is 9.78 Å². The Morgan fingerprint density at radius 2 is 1.17 bits per heavy atom. The first kappa shape index (κ1) is 47.9. The third-order valence-corrected chi connectivity index (χ3v) is 16.0. The van der Waals surface area contributed by atoms with Crippen LogP contribution < -0.4 is 10.6 Å². The van der Waals surface area contributed by atoms with E-state index >= 15 is 4.79 Å². The Bertz CT molecular complexity index is 2840. The van der Waals surface area contributed by atoms with E-state index in [4.69, 9.17) is 19.7 Å². The molecule has 3 aliphatic rings. The molecule has 10 rings (SSSR count). The molecule has 3 fully saturated rings. The lowest BCUT2D eigenvalue weighted by Crippen LogP contribution is -2.74. The van der Waals surface area contributed by atoms with Crippen molar-refractivity contribution in [2.24, 2.45) is 10.6 Å². The van der Waals surface area contributed by atoms with Crippen molar-refractivity contribution >= 4 is 57.8 Å². The highest BCUT2D eigenvalue weighted by molar-refractivity contribution is 8.00. The fourth-order valence-electron chi connectivity index (χ4n) is 9.86. The number of anilines is 1. The molecule has 4 heterocycles. The van der Waals surface area contributed by atoms with Gasteiger partial charge in [0.25, 0.3) is 5.91 Å². The van der Waals surface area contributed by atoms with E-state index in [9.17, 15) is 19.5 Å². The summed E-state index contributed by atoms with van der Waals surface area (Å²) in [6, 6.07) is 58.2. The topological polar surface area (TPSA) is 163 Å². The smallest absolute Gasteiger partial charge is 0.409 e. The highest BCUT2D eigenvalue weighted by Crippen LogP contribution is 2.45. The van der Waals surface area contributed by atoms with Crippen molar-refractivity contribution in [1.82, 2.24) is 20.1 Å². The number of aliphatic carboxylic acids is 1. The van der Waals surface area contributed by atoms with E-state index < -0.39 is 58.5 Å². The molecule has 13 nitrogen and oxygen atoms in total. The first-order chi connectivity index (χ1) is 35.2. The van der Waals surface area contributed by atoms with Crippen molar-refractivity contribution < 1.29 is 33.9 Å². The second kappa shape index (κ2) is 20.9. The van der Waals surface area contributed by atoms with Crippen LogP contribution in [-0.2, 0) is 35.1 Å². The maximum absolute atomic E-state index is 15.1. The summed E-state index contributed by atoms with van der Waals surface area (Å²) in [6.07, 6.45) is 2.18. The van der Waals surface area contributed by atoms with Gasteiger partial charge in [0, 0.05) is 47.5 Å². The number of amides is 3. The quantitative estimate of drug-likeness (QED) is 0.0368. The number of likely N-dealkylation sites (tertiary alicyclic amines) is 1. The van der Waals surface area contributed by atoms with Crippen LogP contribution in [0.15, 0.2) is 193 Å². The molecule has 0 radical (unpaired) electrons. The minimum atomic E-state index is -1.54. The second-order valence-corrected chi connectivity index (χ2v) is 20.1. The number of hydrogen-bond acceptors (Lipinski definition) is 11. The maximum atomic E-state index is 15.1. The molecule has 3 amide bonds. The monoisotopic (exact) mass is 996 g/mol. The number of piperidine rings is 1. The number of hydrogen-bond donors (Lipinski definition) is 3. The molecular formula is C57H52N6O7S2. The standard InChI is InChI=1S/C57H52N6O7S2/c64-49(59-48-50(65)63-37-55(52(66)67,39-72-51(48)63)38-69-54(68)62-34-20-7-21-35-62)47(61-70-57(43-28-14-4-15-29-43,44-30-16-5-17-31-44)45-32-18-6-19-33-45)46-36-71-53(58-46)60-56(40-22-8-1-9-23-40,41-24-10-2-11-25-41)42-26-12-3-13-27-42/h1-6,8-19,22-33,36,48,51H,7,20-21,34-35,37-39H2,(H,58,60)(H,59,64)(H,66,67)/t48?,51-,55?/m1/s1. The number of carbonyl (C=O) groups excluding carboxylic acids is 3. The summed E-state index contributed by atoms with van der Waals surface area (Å²) in [5.74, 6) is -2.32. The number of β-lactam (4-membered cyclic amide) rings is 1. The van der Waals surface area contributed by atoms with Gasteiger partial charge in [0.05, 0.1) is 0 Å². The molecule has 2 unspecified atom stereocenters. The number of benzene rings is 6. The number of carbonyl (C=O) groups is 4. The molecule has 0 saturated carbocycles. The highest BCUT2D eigenvalue weighted by Gasteiger charge is 2.58. The predicted molar refractivity (Wildman–Crippen MR) is 279 cm³/mol. The number of oxime groups is 1. The van der Waals surface area contributed by atoms with Crippen molar-refractivity contribution in [3.05, 3.63) is 226 Å². The van der Waals surface area contributed by atoms with Gasteiger partial charge < -0.3 is 35.1 Å². The number of ether oxygens (including phenoxy) is 1. The van der Waals surface area contributed by atoms with Gasteiger partial charge in [-0.15, -0.1) is 23.1 Å².